The summed E-state index contributed by atoms with van der Waals surface area (Å²) in [6.07, 6.45) is 3.56. The number of nitrogens with one attached hydrogen (secondary N) is 1. The molecular weight excluding hydrogens is 258 g/mol. The predicted molar refractivity (Wildman–Crippen MR) is 78.3 cm³/mol. The molecule has 3 aromatic rings. The normalized spacial score (nSPS) is 10.6. The molecule has 1 aromatic carbocycles. The second kappa shape index (κ2) is 5.24. The Labute approximate surface area is 116 Å². The zero-order valence-corrected chi connectivity index (χ0v) is 10.9. The lowest BCUT2D eigenvalue weighted by atomic mass is 10.1. The molecule has 1 N–H and O–H groups in total. The molecule has 0 fully saturated rings. The van der Waals surface area contributed by atoms with Gasteiger partial charge in [-0.3, -0.25) is 4.98 Å². The SMILES string of the molecule is Clc1cc2ccccc2c(NCc2ccncc2)n1. The van der Waals surface area contributed by atoms with Gasteiger partial charge in [-0.2, -0.15) is 0 Å². The molecule has 0 atom stereocenters. The highest BCUT2D eigenvalue weighted by atomic mass is 35.5. The van der Waals surface area contributed by atoms with Crippen molar-refractivity contribution in [3.8, 4) is 0 Å². The summed E-state index contributed by atoms with van der Waals surface area (Å²) in [6.45, 7) is 0.694. The van der Waals surface area contributed by atoms with Crippen LogP contribution in [0.2, 0.25) is 5.15 Å². The monoisotopic (exact) mass is 269 g/mol. The Morgan fingerprint density at radius 2 is 1.84 bits per heavy atom. The van der Waals surface area contributed by atoms with E-state index in [0.29, 0.717) is 11.7 Å². The molecule has 0 aliphatic rings. The molecule has 94 valence electrons. The number of nitrogens with zero attached hydrogens (tertiary/aromatic N) is 2. The Hall–Kier alpha value is -2.13. The van der Waals surface area contributed by atoms with E-state index < -0.39 is 0 Å². The highest BCUT2D eigenvalue weighted by Gasteiger charge is 2.04. The first-order valence-corrected chi connectivity index (χ1v) is 6.39. The van der Waals surface area contributed by atoms with Crippen LogP contribution in [0.5, 0.6) is 0 Å². The van der Waals surface area contributed by atoms with Crippen LogP contribution in [0.3, 0.4) is 0 Å². The van der Waals surface area contributed by atoms with Gasteiger partial charge in [-0.25, -0.2) is 4.98 Å². The van der Waals surface area contributed by atoms with Gasteiger partial charge < -0.3 is 5.32 Å². The Morgan fingerprint density at radius 1 is 1.05 bits per heavy atom. The van der Waals surface area contributed by atoms with Crippen molar-refractivity contribution in [2.24, 2.45) is 0 Å². The van der Waals surface area contributed by atoms with Crippen LogP contribution < -0.4 is 5.32 Å². The molecule has 3 nitrogen and oxygen atoms in total. The number of pyridine rings is 2. The number of benzene rings is 1. The maximum Gasteiger partial charge on any atom is 0.135 e. The van der Waals surface area contributed by atoms with Gasteiger partial charge in [0.2, 0.25) is 0 Å². The number of hydrogen-bond acceptors (Lipinski definition) is 3. The molecule has 0 radical (unpaired) electrons. The lowest BCUT2D eigenvalue weighted by Gasteiger charge is -2.09. The highest BCUT2D eigenvalue weighted by molar-refractivity contribution is 6.30. The fourth-order valence-electron chi connectivity index (χ4n) is 1.99. The summed E-state index contributed by atoms with van der Waals surface area (Å²) in [4.78, 5) is 8.36. The van der Waals surface area contributed by atoms with Crippen LogP contribution in [0.1, 0.15) is 5.56 Å². The molecule has 0 bridgehead atoms. The van der Waals surface area contributed by atoms with Crippen LogP contribution in [-0.2, 0) is 6.54 Å². The van der Waals surface area contributed by atoms with E-state index in [1.165, 1.54) is 0 Å². The van der Waals surface area contributed by atoms with Crippen molar-refractivity contribution in [1.29, 1.82) is 0 Å². The first-order chi connectivity index (χ1) is 9.33. The largest absolute Gasteiger partial charge is 0.365 e. The number of fused-ring (bicyclic) bond motifs is 1. The number of rotatable bonds is 3. The van der Waals surface area contributed by atoms with Crippen LogP contribution in [-0.4, -0.2) is 9.97 Å². The van der Waals surface area contributed by atoms with Crippen molar-refractivity contribution in [2.75, 3.05) is 5.32 Å². The fourth-order valence-corrected chi connectivity index (χ4v) is 2.19. The van der Waals surface area contributed by atoms with Gasteiger partial charge >= 0.3 is 0 Å². The van der Waals surface area contributed by atoms with E-state index in [4.69, 9.17) is 11.6 Å². The van der Waals surface area contributed by atoms with Gasteiger partial charge in [0.05, 0.1) is 0 Å². The highest BCUT2D eigenvalue weighted by Crippen LogP contribution is 2.24. The number of anilines is 1. The van der Waals surface area contributed by atoms with E-state index in [9.17, 15) is 0 Å². The molecule has 0 amide bonds. The molecule has 2 aromatic heterocycles. The Kier molecular flexibility index (Phi) is 3.29. The third kappa shape index (κ3) is 2.66. The summed E-state index contributed by atoms with van der Waals surface area (Å²) in [5.74, 6) is 0.805. The van der Waals surface area contributed by atoms with Crippen LogP contribution in [0.4, 0.5) is 5.82 Å². The second-order valence-electron chi connectivity index (χ2n) is 4.22. The Bertz CT molecular complexity index is 698. The number of aromatic nitrogens is 2. The smallest absolute Gasteiger partial charge is 0.135 e. The fraction of sp³-hybridized carbons (Fsp3) is 0.0667. The minimum atomic E-state index is 0.496. The zero-order chi connectivity index (χ0) is 13.1. The lowest BCUT2D eigenvalue weighted by Crippen LogP contribution is -2.02. The van der Waals surface area contributed by atoms with E-state index in [0.717, 1.165) is 22.2 Å². The summed E-state index contributed by atoms with van der Waals surface area (Å²) in [5.41, 5.74) is 1.15. The first-order valence-electron chi connectivity index (χ1n) is 6.01. The quantitative estimate of drug-likeness (QED) is 0.733. The van der Waals surface area contributed by atoms with Gasteiger partial charge in [-0.15, -0.1) is 0 Å². The molecule has 3 rings (SSSR count). The molecule has 2 heterocycles. The molecule has 0 aliphatic carbocycles. The molecule has 0 saturated carbocycles. The van der Waals surface area contributed by atoms with Crippen molar-refractivity contribution in [1.82, 2.24) is 9.97 Å². The zero-order valence-electron chi connectivity index (χ0n) is 10.2. The van der Waals surface area contributed by atoms with Gasteiger partial charge in [0, 0.05) is 24.3 Å². The van der Waals surface area contributed by atoms with Crippen LogP contribution >= 0.6 is 11.6 Å². The van der Waals surface area contributed by atoms with E-state index in [1.807, 2.05) is 42.5 Å². The summed E-state index contributed by atoms with van der Waals surface area (Å²) in [7, 11) is 0. The van der Waals surface area contributed by atoms with E-state index in [-0.39, 0.29) is 0 Å². The molecule has 0 spiro atoms. The maximum absolute atomic E-state index is 6.04. The van der Waals surface area contributed by atoms with E-state index >= 15 is 0 Å². The average molecular weight is 270 g/mol. The van der Waals surface area contributed by atoms with Gasteiger partial charge in [-0.1, -0.05) is 35.9 Å². The summed E-state index contributed by atoms with van der Waals surface area (Å²) in [5, 5.41) is 5.97. The second-order valence-corrected chi connectivity index (χ2v) is 4.61. The van der Waals surface area contributed by atoms with Crippen LogP contribution in [0.15, 0.2) is 54.9 Å². The van der Waals surface area contributed by atoms with Crippen molar-refractivity contribution < 1.29 is 0 Å². The van der Waals surface area contributed by atoms with Crippen LogP contribution in [0, 0.1) is 0 Å². The molecule has 0 unspecified atom stereocenters. The minimum Gasteiger partial charge on any atom is -0.365 e. The number of hydrogen-bond donors (Lipinski definition) is 1. The molecule has 19 heavy (non-hydrogen) atoms. The predicted octanol–water partition coefficient (Wildman–Crippen LogP) is 3.90. The maximum atomic E-state index is 6.04. The molecule has 4 heteroatoms. The third-order valence-corrected chi connectivity index (χ3v) is 3.11. The molecule has 0 saturated heterocycles. The van der Waals surface area contributed by atoms with Crippen LogP contribution in [0.25, 0.3) is 10.8 Å². The lowest BCUT2D eigenvalue weighted by molar-refractivity contribution is 1.11. The van der Waals surface area contributed by atoms with Crippen molar-refractivity contribution >= 4 is 28.2 Å². The first kappa shape index (κ1) is 11.9. The average Bonchev–Trinajstić information content (AvgIpc) is 2.45. The van der Waals surface area contributed by atoms with E-state index in [1.54, 1.807) is 12.4 Å². The van der Waals surface area contributed by atoms with Crippen molar-refractivity contribution in [2.45, 2.75) is 6.54 Å². The van der Waals surface area contributed by atoms with Crippen molar-refractivity contribution in [3.63, 3.8) is 0 Å². The summed E-state index contributed by atoms with van der Waals surface area (Å²) < 4.78 is 0. The molecule has 0 aliphatic heterocycles. The van der Waals surface area contributed by atoms with Gasteiger partial charge in [0.15, 0.2) is 0 Å². The minimum absolute atomic E-state index is 0.496. The van der Waals surface area contributed by atoms with Crippen molar-refractivity contribution in [3.05, 3.63) is 65.6 Å². The summed E-state index contributed by atoms with van der Waals surface area (Å²) in [6, 6.07) is 13.9. The van der Waals surface area contributed by atoms with Gasteiger partial charge in [0.1, 0.15) is 11.0 Å². The summed E-state index contributed by atoms with van der Waals surface area (Å²) >= 11 is 6.04. The standard InChI is InChI=1S/C15H12ClN3/c16-14-9-12-3-1-2-4-13(12)15(19-14)18-10-11-5-7-17-8-6-11/h1-9H,10H2,(H,18,19). The van der Waals surface area contributed by atoms with Gasteiger partial charge in [0.25, 0.3) is 0 Å². The molecular formula is C15H12ClN3. The number of halogens is 1. The topological polar surface area (TPSA) is 37.8 Å². The van der Waals surface area contributed by atoms with E-state index in [2.05, 4.69) is 15.3 Å². The third-order valence-electron chi connectivity index (χ3n) is 2.92. The Morgan fingerprint density at radius 3 is 2.68 bits per heavy atom. The Balaban J connectivity index is 1.92. The van der Waals surface area contributed by atoms with Gasteiger partial charge in [-0.05, 0) is 29.1 Å².